The molecule has 92 valence electrons. The number of hydrogen-bond acceptors (Lipinski definition) is 3. The molecule has 1 rings (SSSR count). The second kappa shape index (κ2) is 5.89. The minimum Gasteiger partial charge on any atom is -0.408 e. The van der Waals surface area contributed by atoms with Gasteiger partial charge in [-0.15, -0.1) is 0 Å². The number of nitrogens with one attached hydrogen (secondary N) is 1. The quantitative estimate of drug-likeness (QED) is 0.643. The molecule has 0 fully saturated rings. The molecule has 0 heterocycles. The van der Waals surface area contributed by atoms with E-state index in [1.165, 1.54) is 7.05 Å². The van der Waals surface area contributed by atoms with E-state index >= 15 is 0 Å². The lowest BCUT2D eigenvalue weighted by molar-refractivity contribution is 0.203. The number of ether oxygens (including phenoxy) is 1. The fourth-order valence-electron chi connectivity index (χ4n) is 1.20. The monoisotopic (exact) mass is 235 g/mol. The molecule has 0 aliphatic carbocycles. The van der Waals surface area contributed by atoms with Crippen molar-refractivity contribution in [2.24, 2.45) is 4.99 Å². The fourth-order valence-corrected chi connectivity index (χ4v) is 1.20. The summed E-state index contributed by atoms with van der Waals surface area (Å²) in [7, 11) is 5.27. The standard InChI is InChI=1S/C12H17N3O2/c1-9-6-5-7-10(17-12(16)13-2)11(9)14-8-15(3)4/h5-8H,1-4H3,(H,13,16). The molecule has 0 aliphatic heterocycles. The van der Waals surface area contributed by atoms with Crippen molar-refractivity contribution < 1.29 is 9.53 Å². The van der Waals surface area contributed by atoms with Crippen molar-refractivity contribution in [3.05, 3.63) is 23.8 Å². The largest absolute Gasteiger partial charge is 0.412 e. The van der Waals surface area contributed by atoms with E-state index in [4.69, 9.17) is 4.74 Å². The van der Waals surface area contributed by atoms with Gasteiger partial charge in [0.2, 0.25) is 0 Å². The Hall–Kier alpha value is -2.04. The molecule has 0 saturated carbocycles. The van der Waals surface area contributed by atoms with Gasteiger partial charge >= 0.3 is 6.09 Å². The van der Waals surface area contributed by atoms with Gasteiger partial charge < -0.3 is 15.0 Å². The molecule has 0 bridgehead atoms. The molecule has 17 heavy (non-hydrogen) atoms. The number of carbonyl (C=O) groups is 1. The summed E-state index contributed by atoms with van der Waals surface area (Å²) in [6.07, 6.45) is 1.16. The molecule has 0 atom stereocenters. The average molecular weight is 235 g/mol. The molecule has 1 aromatic rings. The van der Waals surface area contributed by atoms with Gasteiger partial charge in [0, 0.05) is 21.1 Å². The zero-order chi connectivity index (χ0) is 12.8. The Morgan fingerprint density at radius 3 is 2.76 bits per heavy atom. The van der Waals surface area contributed by atoms with Crippen LogP contribution in [0.3, 0.4) is 0 Å². The minimum absolute atomic E-state index is 0.447. The third kappa shape index (κ3) is 3.79. The molecular formula is C12H17N3O2. The van der Waals surface area contributed by atoms with Crippen LogP contribution in [0.2, 0.25) is 0 Å². The van der Waals surface area contributed by atoms with Gasteiger partial charge in [0.25, 0.3) is 0 Å². The van der Waals surface area contributed by atoms with Crippen LogP contribution in [0.1, 0.15) is 5.56 Å². The predicted molar refractivity (Wildman–Crippen MR) is 68.1 cm³/mol. The van der Waals surface area contributed by atoms with Crippen LogP contribution in [0.25, 0.3) is 0 Å². The van der Waals surface area contributed by atoms with Crippen LogP contribution < -0.4 is 10.1 Å². The number of nitrogens with zero attached hydrogens (tertiary/aromatic N) is 2. The third-order valence-corrected chi connectivity index (χ3v) is 2.03. The summed E-state index contributed by atoms with van der Waals surface area (Å²) in [6, 6.07) is 5.45. The van der Waals surface area contributed by atoms with E-state index in [0.717, 1.165) is 5.56 Å². The van der Waals surface area contributed by atoms with E-state index < -0.39 is 6.09 Å². The maximum atomic E-state index is 11.2. The van der Waals surface area contributed by atoms with Gasteiger partial charge in [-0.05, 0) is 18.6 Å². The number of rotatable bonds is 3. The number of benzene rings is 1. The lowest BCUT2D eigenvalue weighted by Crippen LogP contribution is -2.22. The van der Waals surface area contributed by atoms with E-state index in [2.05, 4.69) is 10.3 Å². The van der Waals surface area contributed by atoms with E-state index in [1.54, 1.807) is 12.4 Å². The summed E-state index contributed by atoms with van der Waals surface area (Å²) in [5.41, 5.74) is 1.61. The first-order valence-corrected chi connectivity index (χ1v) is 5.24. The van der Waals surface area contributed by atoms with Crippen molar-refractivity contribution >= 4 is 18.1 Å². The van der Waals surface area contributed by atoms with Crippen LogP contribution in [0, 0.1) is 6.92 Å². The SMILES string of the molecule is CNC(=O)Oc1cccc(C)c1N=CN(C)C. The van der Waals surface area contributed by atoms with Crippen molar-refractivity contribution in [1.82, 2.24) is 10.2 Å². The van der Waals surface area contributed by atoms with Gasteiger partial charge in [0.15, 0.2) is 5.75 Å². The first-order valence-electron chi connectivity index (χ1n) is 5.24. The first-order chi connectivity index (χ1) is 8.04. The molecular weight excluding hydrogens is 218 g/mol. The lowest BCUT2D eigenvalue weighted by atomic mass is 10.2. The highest BCUT2D eigenvalue weighted by Crippen LogP contribution is 2.30. The Bertz CT molecular complexity index is 428. The summed E-state index contributed by atoms with van der Waals surface area (Å²) in [6.45, 7) is 1.92. The van der Waals surface area contributed by atoms with Gasteiger partial charge in [0.05, 0.1) is 6.34 Å². The normalized spacial score (nSPS) is 10.4. The van der Waals surface area contributed by atoms with Gasteiger partial charge in [-0.2, -0.15) is 0 Å². The minimum atomic E-state index is -0.503. The van der Waals surface area contributed by atoms with Gasteiger partial charge in [-0.3, -0.25) is 0 Å². The van der Waals surface area contributed by atoms with Crippen LogP contribution in [-0.4, -0.2) is 38.5 Å². The molecule has 0 radical (unpaired) electrons. The molecule has 5 heteroatoms. The number of amides is 1. The Kier molecular flexibility index (Phi) is 4.51. The van der Waals surface area contributed by atoms with Crippen molar-refractivity contribution in [3.8, 4) is 5.75 Å². The zero-order valence-corrected chi connectivity index (χ0v) is 10.5. The van der Waals surface area contributed by atoms with Crippen molar-refractivity contribution in [2.75, 3.05) is 21.1 Å². The molecule has 0 aliphatic rings. The summed E-state index contributed by atoms with van der Waals surface area (Å²) >= 11 is 0. The number of aryl methyl sites for hydroxylation is 1. The molecule has 0 saturated heterocycles. The fraction of sp³-hybridized carbons (Fsp3) is 0.333. The molecule has 1 amide bonds. The second-order valence-corrected chi connectivity index (χ2v) is 3.77. The molecule has 0 spiro atoms. The Morgan fingerprint density at radius 2 is 2.18 bits per heavy atom. The summed E-state index contributed by atoms with van der Waals surface area (Å²) in [5.74, 6) is 0.447. The van der Waals surface area contributed by atoms with Gasteiger partial charge in [-0.1, -0.05) is 12.1 Å². The van der Waals surface area contributed by atoms with E-state index in [-0.39, 0.29) is 0 Å². The Labute approximate surface area is 101 Å². The summed E-state index contributed by atoms with van der Waals surface area (Å²) in [5, 5.41) is 2.40. The van der Waals surface area contributed by atoms with Crippen molar-refractivity contribution in [1.29, 1.82) is 0 Å². The van der Waals surface area contributed by atoms with Gasteiger partial charge in [0.1, 0.15) is 5.69 Å². The lowest BCUT2D eigenvalue weighted by Gasteiger charge is -2.09. The van der Waals surface area contributed by atoms with E-state index in [9.17, 15) is 4.79 Å². The van der Waals surface area contributed by atoms with Crippen molar-refractivity contribution in [3.63, 3.8) is 0 Å². The zero-order valence-electron chi connectivity index (χ0n) is 10.5. The Balaban J connectivity index is 3.04. The average Bonchev–Trinajstić information content (AvgIpc) is 2.27. The third-order valence-electron chi connectivity index (χ3n) is 2.03. The van der Waals surface area contributed by atoms with Crippen LogP contribution >= 0.6 is 0 Å². The molecule has 1 aromatic carbocycles. The number of para-hydroxylation sites is 1. The molecule has 1 N–H and O–H groups in total. The van der Waals surface area contributed by atoms with Gasteiger partial charge in [-0.25, -0.2) is 9.79 Å². The Morgan fingerprint density at radius 1 is 1.47 bits per heavy atom. The molecule has 0 unspecified atom stereocenters. The summed E-state index contributed by atoms with van der Waals surface area (Å²) in [4.78, 5) is 17.3. The van der Waals surface area contributed by atoms with Crippen LogP contribution in [0.4, 0.5) is 10.5 Å². The predicted octanol–water partition coefficient (Wildman–Crippen LogP) is 1.93. The molecule has 0 aromatic heterocycles. The maximum Gasteiger partial charge on any atom is 0.412 e. The van der Waals surface area contributed by atoms with Crippen molar-refractivity contribution in [2.45, 2.75) is 6.92 Å². The smallest absolute Gasteiger partial charge is 0.408 e. The van der Waals surface area contributed by atoms with E-state index in [1.807, 2.05) is 38.1 Å². The molecule has 5 nitrogen and oxygen atoms in total. The topological polar surface area (TPSA) is 53.9 Å². The second-order valence-electron chi connectivity index (χ2n) is 3.77. The highest BCUT2D eigenvalue weighted by atomic mass is 16.6. The summed E-state index contributed by atoms with van der Waals surface area (Å²) < 4.78 is 5.13. The maximum absolute atomic E-state index is 11.2. The van der Waals surface area contributed by atoms with E-state index in [0.29, 0.717) is 11.4 Å². The van der Waals surface area contributed by atoms with Crippen LogP contribution in [0.5, 0.6) is 5.75 Å². The highest BCUT2D eigenvalue weighted by Gasteiger charge is 2.08. The first kappa shape index (κ1) is 13.0. The highest BCUT2D eigenvalue weighted by molar-refractivity contribution is 5.74. The number of hydrogen-bond donors (Lipinski definition) is 1. The van der Waals surface area contributed by atoms with Crippen LogP contribution in [0.15, 0.2) is 23.2 Å². The number of carbonyl (C=O) groups excluding carboxylic acids is 1. The van der Waals surface area contributed by atoms with Crippen LogP contribution in [-0.2, 0) is 0 Å². The number of aliphatic imine (C=N–C) groups is 1.